The first kappa shape index (κ1) is 18.1. The van der Waals surface area contributed by atoms with E-state index >= 15 is 0 Å². The summed E-state index contributed by atoms with van der Waals surface area (Å²) in [5, 5.41) is 3.04. The van der Waals surface area contributed by atoms with Gasteiger partial charge in [-0.2, -0.15) is 18.3 Å². The second kappa shape index (κ2) is 6.32. The van der Waals surface area contributed by atoms with Crippen LogP contribution in [0, 0.1) is 6.92 Å². The minimum atomic E-state index is -4.65. The van der Waals surface area contributed by atoms with Crippen LogP contribution in [0.25, 0.3) is 0 Å². The number of hydrogen-bond donors (Lipinski definition) is 0. The molecule has 0 spiro atoms. The smallest absolute Gasteiger partial charge is 0.372 e. The third-order valence-corrected chi connectivity index (χ3v) is 4.25. The van der Waals surface area contributed by atoms with E-state index < -0.39 is 22.9 Å². The molecule has 1 aliphatic heterocycles. The molecule has 1 aromatic heterocycles. The first-order valence-electron chi connectivity index (χ1n) is 7.28. The number of aromatic nitrogens is 2. The Morgan fingerprint density at radius 2 is 1.87 bits per heavy atom. The predicted molar refractivity (Wildman–Crippen MR) is 78.3 cm³/mol. The molecule has 1 aromatic rings. The molecule has 1 saturated heterocycles. The molecule has 23 heavy (non-hydrogen) atoms. The predicted octanol–water partition coefficient (Wildman–Crippen LogP) is 3.06. The highest BCUT2D eigenvalue weighted by atomic mass is 35.5. The van der Waals surface area contributed by atoms with Gasteiger partial charge in [-0.25, -0.2) is 0 Å². The molecule has 2 heterocycles. The molecule has 3 atom stereocenters. The zero-order valence-electron chi connectivity index (χ0n) is 13.3. The Kier molecular flexibility index (Phi) is 4.96. The molecule has 0 aliphatic carbocycles. The number of amides is 1. The van der Waals surface area contributed by atoms with E-state index in [1.54, 1.807) is 4.90 Å². The summed E-state index contributed by atoms with van der Waals surface area (Å²) in [6.07, 6.45) is -4.90. The summed E-state index contributed by atoms with van der Waals surface area (Å²) in [7, 11) is 0. The summed E-state index contributed by atoms with van der Waals surface area (Å²) in [6.45, 7) is 7.42. The van der Waals surface area contributed by atoms with Gasteiger partial charge in [0, 0.05) is 13.1 Å². The number of ether oxygens (including phenoxy) is 1. The van der Waals surface area contributed by atoms with Gasteiger partial charge in [0.15, 0.2) is 5.69 Å². The van der Waals surface area contributed by atoms with E-state index in [-0.39, 0.29) is 23.8 Å². The normalized spacial score (nSPS) is 23.9. The SMILES string of the molecule is Cc1c(Cl)c(C(F)(F)F)nn1[C@@H](C)C(=O)N1C[C@@H](C)O[C@@H](C)C1. The van der Waals surface area contributed by atoms with Gasteiger partial charge in [0.25, 0.3) is 0 Å². The lowest BCUT2D eigenvalue weighted by atomic mass is 10.2. The van der Waals surface area contributed by atoms with Gasteiger partial charge in [-0.1, -0.05) is 11.6 Å². The number of morpholine rings is 1. The minimum Gasteiger partial charge on any atom is -0.372 e. The van der Waals surface area contributed by atoms with Gasteiger partial charge in [0.1, 0.15) is 6.04 Å². The summed E-state index contributed by atoms with van der Waals surface area (Å²) in [4.78, 5) is 14.2. The van der Waals surface area contributed by atoms with E-state index in [9.17, 15) is 18.0 Å². The summed E-state index contributed by atoms with van der Waals surface area (Å²) < 4.78 is 45.3. The van der Waals surface area contributed by atoms with Crippen LogP contribution in [0.4, 0.5) is 13.2 Å². The third kappa shape index (κ3) is 3.63. The van der Waals surface area contributed by atoms with Crippen LogP contribution in [-0.2, 0) is 15.7 Å². The average Bonchev–Trinajstić information content (AvgIpc) is 2.72. The first-order chi connectivity index (χ1) is 10.5. The maximum Gasteiger partial charge on any atom is 0.436 e. The van der Waals surface area contributed by atoms with E-state index in [4.69, 9.17) is 16.3 Å². The Hall–Kier alpha value is -1.28. The van der Waals surface area contributed by atoms with Crippen molar-refractivity contribution >= 4 is 17.5 Å². The van der Waals surface area contributed by atoms with Crippen molar-refractivity contribution < 1.29 is 22.7 Å². The fourth-order valence-corrected chi connectivity index (χ4v) is 3.01. The second-order valence-electron chi connectivity index (χ2n) is 5.87. The van der Waals surface area contributed by atoms with Crippen LogP contribution in [-0.4, -0.2) is 45.9 Å². The van der Waals surface area contributed by atoms with Crippen LogP contribution in [0.15, 0.2) is 0 Å². The number of nitrogens with zero attached hydrogens (tertiary/aromatic N) is 3. The largest absolute Gasteiger partial charge is 0.436 e. The summed E-state index contributed by atoms with van der Waals surface area (Å²) in [5.41, 5.74) is -1.05. The quantitative estimate of drug-likeness (QED) is 0.821. The lowest BCUT2D eigenvalue weighted by Gasteiger charge is -2.36. The van der Waals surface area contributed by atoms with Crippen molar-refractivity contribution in [3.05, 3.63) is 16.4 Å². The van der Waals surface area contributed by atoms with Crippen LogP contribution in [0.3, 0.4) is 0 Å². The van der Waals surface area contributed by atoms with E-state index in [2.05, 4.69) is 5.10 Å². The average molecular weight is 354 g/mol. The Morgan fingerprint density at radius 1 is 1.35 bits per heavy atom. The highest BCUT2D eigenvalue weighted by Crippen LogP contribution is 2.36. The fourth-order valence-electron chi connectivity index (χ4n) is 2.78. The topological polar surface area (TPSA) is 47.4 Å². The number of halogens is 4. The van der Waals surface area contributed by atoms with Crippen LogP contribution < -0.4 is 0 Å². The second-order valence-corrected chi connectivity index (χ2v) is 6.24. The van der Waals surface area contributed by atoms with Crippen LogP contribution >= 0.6 is 11.6 Å². The van der Waals surface area contributed by atoms with Crippen molar-refractivity contribution in [1.82, 2.24) is 14.7 Å². The van der Waals surface area contributed by atoms with Gasteiger partial charge in [-0.05, 0) is 27.7 Å². The molecule has 0 saturated carbocycles. The number of rotatable bonds is 2. The van der Waals surface area contributed by atoms with Crippen molar-refractivity contribution in [3.63, 3.8) is 0 Å². The van der Waals surface area contributed by atoms with Gasteiger partial charge in [0.2, 0.25) is 5.91 Å². The van der Waals surface area contributed by atoms with E-state index in [1.165, 1.54) is 13.8 Å². The maximum absolute atomic E-state index is 12.9. The lowest BCUT2D eigenvalue weighted by molar-refractivity contribution is -0.147. The standard InChI is InChI=1S/C14H19ClF3N3O2/c1-7-5-20(6-8(2)23-7)13(22)10(4)21-9(3)11(15)12(19-21)14(16,17)18/h7-8,10H,5-6H2,1-4H3/t7-,8+,10-/m0/s1. The molecule has 130 valence electrons. The molecule has 5 nitrogen and oxygen atoms in total. The van der Waals surface area contributed by atoms with E-state index in [0.29, 0.717) is 13.1 Å². The number of alkyl halides is 3. The fraction of sp³-hybridized carbons (Fsp3) is 0.714. The Balaban J connectivity index is 2.26. The van der Waals surface area contributed by atoms with Crippen molar-refractivity contribution in [2.45, 2.75) is 52.1 Å². The zero-order valence-corrected chi connectivity index (χ0v) is 14.1. The van der Waals surface area contributed by atoms with Crippen LogP contribution in [0.5, 0.6) is 0 Å². The number of carbonyl (C=O) groups excluding carboxylic acids is 1. The van der Waals surface area contributed by atoms with Crippen molar-refractivity contribution in [2.24, 2.45) is 0 Å². The van der Waals surface area contributed by atoms with Crippen molar-refractivity contribution in [1.29, 1.82) is 0 Å². The number of carbonyl (C=O) groups is 1. The van der Waals surface area contributed by atoms with E-state index in [1.807, 2.05) is 13.8 Å². The van der Waals surface area contributed by atoms with Crippen molar-refractivity contribution in [3.8, 4) is 0 Å². The minimum absolute atomic E-state index is 0.120. The highest BCUT2D eigenvalue weighted by molar-refractivity contribution is 6.32. The molecule has 1 fully saturated rings. The molecule has 0 aromatic carbocycles. The molecule has 0 bridgehead atoms. The van der Waals surface area contributed by atoms with Crippen molar-refractivity contribution in [2.75, 3.05) is 13.1 Å². The van der Waals surface area contributed by atoms with Crippen LogP contribution in [0.1, 0.15) is 38.2 Å². The molecule has 0 radical (unpaired) electrons. The summed E-state index contributed by atoms with van der Waals surface area (Å²) >= 11 is 5.73. The monoisotopic (exact) mass is 353 g/mol. The summed E-state index contributed by atoms with van der Waals surface area (Å²) in [5.74, 6) is -0.303. The Bertz CT molecular complexity index is 593. The zero-order chi connectivity index (χ0) is 17.5. The molecular weight excluding hydrogens is 335 g/mol. The van der Waals surface area contributed by atoms with Gasteiger partial charge in [-0.15, -0.1) is 0 Å². The molecule has 1 amide bonds. The van der Waals surface area contributed by atoms with E-state index in [0.717, 1.165) is 4.68 Å². The first-order valence-corrected chi connectivity index (χ1v) is 7.66. The third-order valence-electron chi connectivity index (χ3n) is 3.80. The molecule has 1 aliphatic rings. The maximum atomic E-state index is 12.9. The van der Waals surface area contributed by atoms with Gasteiger partial charge in [-0.3, -0.25) is 9.48 Å². The van der Waals surface area contributed by atoms with Gasteiger partial charge < -0.3 is 9.64 Å². The highest BCUT2D eigenvalue weighted by Gasteiger charge is 2.40. The summed E-state index contributed by atoms with van der Waals surface area (Å²) in [6, 6.07) is -0.874. The molecule has 0 unspecified atom stereocenters. The van der Waals surface area contributed by atoms with Gasteiger partial charge in [0.05, 0.1) is 22.9 Å². The Morgan fingerprint density at radius 3 is 2.30 bits per heavy atom. The molecular formula is C14H19ClF3N3O2. The van der Waals surface area contributed by atoms with Gasteiger partial charge >= 0.3 is 6.18 Å². The Labute approximate surface area is 137 Å². The van der Waals surface area contributed by atoms with Crippen LogP contribution in [0.2, 0.25) is 5.02 Å². The molecule has 2 rings (SSSR count). The molecule has 9 heteroatoms. The lowest BCUT2D eigenvalue weighted by Crippen LogP contribution is -2.50. The number of hydrogen-bond acceptors (Lipinski definition) is 3. The molecule has 0 N–H and O–H groups in total.